The monoisotopic (exact) mass is 426 g/mol. The molecular weight excluding hydrogens is 400 g/mol. The first-order valence-corrected chi connectivity index (χ1v) is 11.7. The highest BCUT2D eigenvalue weighted by molar-refractivity contribution is 7.91. The maximum Gasteiger partial charge on any atom is 0.234 e. The van der Waals surface area contributed by atoms with Crippen LogP contribution >= 0.6 is 0 Å². The minimum atomic E-state index is -3.83. The number of aryl methyl sites for hydroxylation is 1. The Morgan fingerprint density at radius 3 is 2.30 bits per heavy atom. The number of nitrogens with one attached hydrogen (secondary N) is 1. The maximum absolute atomic E-state index is 13.4. The van der Waals surface area contributed by atoms with Gasteiger partial charge in [-0.05, 0) is 56.2 Å². The fraction of sp³-hybridized carbons (Fsp3) is 0.348. The number of oxazole rings is 1. The lowest BCUT2D eigenvalue weighted by Crippen LogP contribution is -2.23. The smallest absolute Gasteiger partial charge is 0.234 e. The molecule has 158 valence electrons. The summed E-state index contributed by atoms with van der Waals surface area (Å²) in [6.45, 7) is 1.92. The van der Waals surface area contributed by atoms with E-state index < -0.39 is 9.84 Å². The molecular formula is C23H26N2O4S. The van der Waals surface area contributed by atoms with Crippen molar-refractivity contribution >= 4 is 15.7 Å². The van der Waals surface area contributed by atoms with Crippen LogP contribution in [0.3, 0.4) is 0 Å². The van der Waals surface area contributed by atoms with Crippen molar-refractivity contribution in [2.24, 2.45) is 0 Å². The van der Waals surface area contributed by atoms with Crippen molar-refractivity contribution in [2.75, 3.05) is 12.4 Å². The summed E-state index contributed by atoms with van der Waals surface area (Å²) in [6, 6.07) is 14.2. The van der Waals surface area contributed by atoms with Gasteiger partial charge >= 0.3 is 0 Å². The molecule has 2 aromatic carbocycles. The van der Waals surface area contributed by atoms with Crippen LogP contribution in [0.5, 0.6) is 5.75 Å². The van der Waals surface area contributed by atoms with Gasteiger partial charge in [-0.3, -0.25) is 0 Å². The summed E-state index contributed by atoms with van der Waals surface area (Å²) in [6.07, 6.45) is 5.43. The predicted molar refractivity (Wildman–Crippen MR) is 116 cm³/mol. The maximum atomic E-state index is 13.4. The summed E-state index contributed by atoms with van der Waals surface area (Å²) in [5, 5.41) is 3.25. The van der Waals surface area contributed by atoms with Crippen molar-refractivity contribution in [1.82, 2.24) is 4.98 Å². The van der Waals surface area contributed by atoms with E-state index in [2.05, 4.69) is 10.3 Å². The predicted octanol–water partition coefficient (Wildman–Crippen LogP) is 5.24. The molecule has 7 heteroatoms. The van der Waals surface area contributed by atoms with Gasteiger partial charge < -0.3 is 14.5 Å². The van der Waals surface area contributed by atoms with Gasteiger partial charge in [0.1, 0.15) is 5.75 Å². The summed E-state index contributed by atoms with van der Waals surface area (Å²) >= 11 is 0. The number of rotatable bonds is 6. The summed E-state index contributed by atoms with van der Waals surface area (Å²) in [5.41, 5.74) is 1.68. The molecule has 1 aliphatic carbocycles. The van der Waals surface area contributed by atoms with E-state index in [-0.39, 0.29) is 27.7 Å². The van der Waals surface area contributed by atoms with Crippen LogP contribution in [-0.4, -0.2) is 26.6 Å². The molecule has 1 N–H and O–H groups in total. The van der Waals surface area contributed by atoms with Crippen molar-refractivity contribution in [1.29, 1.82) is 0 Å². The number of anilines is 1. The molecule has 1 saturated carbocycles. The van der Waals surface area contributed by atoms with Crippen LogP contribution in [-0.2, 0) is 9.84 Å². The molecule has 1 aromatic heterocycles. The van der Waals surface area contributed by atoms with Gasteiger partial charge in [-0.15, -0.1) is 0 Å². The average molecular weight is 427 g/mol. The van der Waals surface area contributed by atoms with Crippen molar-refractivity contribution in [3.63, 3.8) is 0 Å². The Labute approximate surface area is 177 Å². The topological polar surface area (TPSA) is 81.4 Å². The van der Waals surface area contributed by atoms with Crippen LogP contribution in [0, 0.1) is 6.92 Å². The molecule has 0 amide bonds. The minimum Gasteiger partial charge on any atom is -0.497 e. The van der Waals surface area contributed by atoms with Gasteiger partial charge in [0, 0.05) is 11.6 Å². The Kier molecular flexibility index (Phi) is 5.81. The minimum absolute atomic E-state index is 0.0669. The van der Waals surface area contributed by atoms with Gasteiger partial charge in [0.2, 0.25) is 26.6 Å². The Morgan fingerprint density at radius 2 is 1.67 bits per heavy atom. The SMILES string of the molecule is COc1ccc(-c2nc(S(=O)(=O)c3ccc(C)cc3)c(NC3CCCCC3)o2)cc1. The highest BCUT2D eigenvalue weighted by Crippen LogP contribution is 2.34. The third-order valence-electron chi connectivity index (χ3n) is 5.46. The van der Waals surface area contributed by atoms with Gasteiger partial charge in [-0.2, -0.15) is 4.98 Å². The molecule has 0 radical (unpaired) electrons. The van der Waals surface area contributed by atoms with Gasteiger partial charge in [-0.25, -0.2) is 8.42 Å². The largest absolute Gasteiger partial charge is 0.497 e. The van der Waals surface area contributed by atoms with Crippen LogP contribution in [0.15, 0.2) is 62.9 Å². The molecule has 1 aliphatic rings. The molecule has 6 nitrogen and oxygen atoms in total. The van der Waals surface area contributed by atoms with Crippen molar-refractivity contribution in [2.45, 2.75) is 55.0 Å². The van der Waals surface area contributed by atoms with Gasteiger partial charge in [-0.1, -0.05) is 37.0 Å². The molecule has 0 bridgehead atoms. The van der Waals surface area contributed by atoms with E-state index in [0.717, 1.165) is 31.2 Å². The van der Waals surface area contributed by atoms with Crippen LogP contribution in [0.2, 0.25) is 0 Å². The zero-order chi connectivity index (χ0) is 21.1. The summed E-state index contributed by atoms with van der Waals surface area (Å²) < 4.78 is 37.9. The number of ether oxygens (including phenoxy) is 1. The van der Waals surface area contributed by atoms with Crippen LogP contribution in [0.4, 0.5) is 5.88 Å². The van der Waals surface area contributed by atoms with E-state index in [1.54, 1.807) is 55.6 Å². The number of methoxy groups -OCH3 is 1. The van der Waals surface area contributed by atoms with Crippen molar-refractivity contribution < 1.29 is 17.6 Å². The molecule has 0 saturated heterocycles. The van der Waals surface area contributed by atoms with Crippen molar-refractivity contribution in [3.8, 4) is 17.2 Å². The molecule has 4 rings (SSSR count). The van der Waals surface area contributed by atoms with E-state index in [4.69, 9.17) is 9.15 Å². The molecule has 0 atom stereocenters. The second-order valence-corrected chi connectivity index (χ2v) is 9.54. The van der Waals surface area contributed by atoms with Crippen molar-refractivity contribution in [3.05, 3.63) is 54.1 Å². The quantitative estimate of drug-likeness (QED) is 0.581. The lowest BCUT2D eigenvalue weighted by Gasteiger charge is -2.22. The highest BCUT2D eigenvalue weighted by atomic mass is 32.2. The zero-order valence-electron chi connectivity index (χ0n) is 17.2. The third-order valence-corrected chi connectivity index (χ3v) is 7.14. The first-order chi connectivity index (χ1) is 14.5. The number of aromatic nitrogens is 1. The normalized spacial score (nSPS) is 15.1. The third kappa shape index (κ3) is 4.21. The van der Waals surface area contributed by atoms with E-state index >= 15 is 0 Å². The van der Waals surface area contributed by atoms with Gasteiger partial charge in [0.25, 0.3) is 0 Å². The Balaban J connectivity index is 1.75. The lowest BCUT2D eigenvalue weighted by atomic mass is 9.96. The molecule has 1 fully saturated rings. The molecule has 1 heterocycles. The average Bonchev–Trinajstić information content (AvgIpc) is 3.19. The second kappa shape index (κ2) is 8.52. The lowest BCUT2D eigenvalue weighted by molar-refractivity contribution is 0.415. The Bertz CT molecular complexity index is 1100. The van der Waals surface area contributed by atoms with Gasteiger partial charge in [0.15, 0.2) is 0 Å². The summed E-state index contributed by atoms with van der Waals surface area (Å²) in [7, 11) is -2.23. The number of sulfone groups is 1. The van der Waals surface area contributed by atoms with Crippen LogP contribution in [0.25, 0.3) is 11.5 Å². The number of hydrogen-bond donors (Lipinski definition) is 1. The van der Waals surface area contributed by atoms with Crippen LogP contribution < -0.4 is 10.1 Å². The molecule has 0 spiro atoms. The van der Waals surface area contributed by atoms with Gasteiger partial charge in [0.05, 0.1) is 12.0 Å². The first-order valence-electron chi connectivity index (χ1n) is 10.2. The number of benzene rings is 2. The van der Waals surface area contributed by atoms with Crippen LogP contribution in [0.1, 0.15) is 37.7 Å². The fourth-order valence-corrected chi connectivity index (χ4v) is 4.96. The highest BCUT2D eigenvalue weighted by Gasteiger charge is 2.30. The standard InChI is InChI=1S/C23H26N2O4S/c1-16-8-14-20(15-9-16)30(26,27)23-22(24-18-6-4-3-5-7-18)29-21(25-23)17-10-12-19(28-2)13-11-17/h8-15,18,24H,3-7H2,1-2H3. The van der Waals surface area contributed by atoms with E-state index in [9.17, 15) is 8.42 Å². The molecule has 0 aliphatic heterocycles. The molecule has 0 unspecified atom stereocenters. The fourth-order valence-electron chi connectivity index (χ4n) is 3.70. The first kappa shape index (κ1) is 20.5. The Hall–Kier alpha value is -2.80. The summed E-state index contributed by atoms with van der Waals surface area (Å²) in [5.74, 6) is 1.19. The van der Waals surface area contributed by atoms with E-state index in [1.807, 2.05) is 6.92 Å². The molecule has 30 heavy (non-hydrogen) atoms. The second-order valence-electron chi connectivity index (χ2n) is 7.68. The summed E-state index contributed by atoms with van der Waals surface area (Å²) in [4.78, 5) is 4.62. The van der Waals surface area contributed by atoms with E-state index in [0.29, 0.717) is 11.3 Å². The number of hydrogen-bond acceptors (Lipinski definition) is 6. The van der Waals surface area contributed by atoms with E-state index in [1.165, 1.54) is 6.42 Å². The number of nitrogens with zero attached hydrogens (tertiary/aromatic N) is 1. The molecule has 3 aromatic rings. The zero-order valence-corrected chi connectivity index (χ0v) is 18.0. The Morgan fingerprint density at radius 1 is 1.00 bits per heavy atom.